The normalized spacial score (nSPS) is 15.3. The minimum absolute atomic E-state index is 0.126. The largest absolute Gasteiger partial charge is 0.351 e. The predicted octanol–water partition coefficient (Wildman–Crippen LogP) is 4.08. The summed E-state index contributed by atoms with van der Waals surface area (Å²) in [6, 6.07) is 10.4. The molecule has 0 radical (unpaired) electrons. The molecule has 7 nitrogen and oxygen atoms in total. The summed E-state index contributed by atoms with van der Waals surface area (Å²) in [5, 5.41) is 8.76. The van der Waals surface area contributed by atoms with Crippen LogP contribution in [0.25, 0.3) is 0 Å². The number of aryl methyl sites for hydroxylation is 1. The molecule has 8 heteroatoms. The molecule has 160 valence electrons. The summed E-state index contributed by atoms with van der Waals surface area (Å²) in [4.78, 5) is 32.7. The van der Waals surface area contributed by atoms with Gasteiger partial charge in [-0.3, -0.25) is 19.5 Å². The molecular weight excluding hydrogens is 410 g/mol. The molecule has 31 heavy (non-hydrogen) atoms. The molecule has 2 aromatic heterocycles. The van der Waals surface area contributed by atoms with E-state index in [1.165, 1.54) is 11.3 Å². The van der Waals surface area contributed by atoms with Crippen molar-refractivity contribution in [3.8, 4) is 0 Å². The van der Waals surface area contributed by atoms with E-state index in [9.17, 15) is 9.59 Å². The van der Waals surface area contributed by atoms with Crippen LogP contribution in [0.1, 0.15) is 59.8 Å². The van der Waals surface area contributed by atoms with Crippen LogP contribution in [-0.2, 0) is 4.79 Å². The van der Waals surface area contributed by atoms with Crippen molar-refractivity contribution in [2.45, 2.75) is 51.1 Å². The number of hydrogen-bond donors (Lipinski definition) is 1. The third-order valence-corrected chi connectivity index (χ3v) is 6.09. The zero-order valence-electron chi connectivity index (χ0n) is 17.4. The molecule has 1 N–H and O–H groups in total. The minimum Gasteiger partial charge on any atom is -0.351 e. The number of hydrogen-bond acceptors (Lipinski definition) is 6. The van der Waals surface area contributed by atoms with E-state index in [-0.39, 0.29) is 23.6 Å². The van der Waals surface area contributed by atoms with Gasteiger partial charge in [-0.15, -0.1) is 5.10 Å². The fourth-order valence-corrected chi connectivity index (χ4v) is 4.39. The third-order valence-electron chi connectivity index (χ3n) is 5.59. The summed E-state index contributed by atoms with van der Waals surface area (Å²) in [5.41, 5.74) is 2.61. The number of rotatable bonds is 6. The molecule has 2 amide bonds. The minimum atomic E-state index is -0.846. The van der Waals surface area contributed by atoms with Crippen molar-refractivity contribution in [2.75, 3.05) is 4.90 Å². The number of anilines is 1. The Morgan fingerprint density at radius 3 is 2.42 bits per heavy atom. The quantitative estimate of drug-likeness (QED) is 0.630. The smallest absolute Gasteiger partial charge is 0.280 e. The standard InChI is InChI=1S/C23H25N5O2S/c1-16-7-9-19(10-8-16)28(23(30)20-15-31-27-26-20)21(17-11-13-24-14-12-17)22(29)25-18-5-3-2-4-6-18/h7-15,18,21H,2-6H2,1H3,(H,25,29)/t21-/m1/s1. The molecule has 1 atom stereocenters. The molecule has 0 aliphatic heterocycles. The van der Waals surface area contributed by atoms with Gasteiger partial charge in [0.2, 0.25) is 5.91 Å². The highest BCUT2D eigenvalue weighted by atomic mass is 32.1. The van der Waals surface area contributed by atoms with Crippen molar-refractivity contribution in [1.29, 1.82) is 0 Å². The lowest BCUT2D eigenvalue weighted by molar-refractivity contribution is -0.123. The van der Waals surface area contributed by atoms with Gasteiger partial charge in [0.15, 0.2) is 5.69 Å². The van der Waals surface area contributed by atoms with E-state index in [4.69, 9.17) is 0 Å². The van der Waals surface area contributed by atoms with Crippen molar-refractivity contribution >= 4 is 29.0 Å². The Kier molecular flexibility index (Phi) is 6.66. The molecule has 1 fully saturated rings. The van der Waals surface area contributed by atoms with Gasteiger partial charge >= 0.3 is 0 Å². The lowest BCUT2D eigenvalue weighted by atomic mass is 9.94. The van der Waals surface area contributed by atoms with Crippen molar-refractivity contribution in [1.82, 2.24) is 19.9 Å². The van der Waals surface area contributed by atoms with Crippen LogP contribution in [-0.4, -0.2) is 32.4 Å². The van der Waals surface area contributed by atoms with Crippen LogP contribution in [0.3, 0.4) is 0 Å². The molecule has 0 unspecified atom stereocenters. The SMILES string of the molecule is Cc1ccc(N(C(=O)c2csnn2)[C@@H](C(=O)NC2CCCCC2)c2ccncc2)cc1. The van der Waals surface area contributed by atoms with Crippen LogP contribution < -0.4 is 10.2 Å². The average Bonchev–Trinajstić information content (AvgIpc) is 3.34. The van der Waals surface area contributed by atoms with Gasteiger partial charge in [-0.2, -0.15) is 0 Å². The number of benzene rings is 1. The molecule has 3 aromatic rings. The first-order chi connectivity index (χ1) is 15.1. The van der Waals surface area contributed by atoms with Crippen molar-refractivity contribution in [2.24, 2.45) is 0 Å². The maximum Gasteiger partial charge on any atom is 0.280 e. The molecule has 1 aromatic carbocycles. The maximum atomic E-state index is 13.6. The van der Waals surface area contributed by atoms with Gasteiger partial charge in [-0.25, -0.2) is 0 Å². The number of nitrogens with zero attached hydrogens (tertiary/aromatic N) is 4. The summed E-state index contributed by atoms with van der Waals surface area (Å²) in [7, 11) is 0. The number of aromatic nitrogens is 3. The monoisotopic (exact) mass is 435 g/mol. The molecule has 1 aliphatic rings. The summed E-state index contributed by atoms with van der Waals surface area (Å²) in [5.74, 6) is -0.562. The molecule has 0 bridgehead atoms. The van der Waals surface area contributed by atoms with Gasteiger partial charge in [-0.1, -0.05) is 41.4 Å². The second-order valence-corrected chi connectivity index (χ2v) is 8.44. The Morgan fingerprint density at radius 1 is 1.06 bits per heavy atom. The second-order valence-electron chi connectivity index (χ2n) is 7.83. The maximum absolute atomic E-state index is 13.6. The lowest BCUT2D eigenvalue weighted by Gasteiger charge is -2.33. The fourth-order valence-electron chi connectivity index (χ4n) is 3.96. The Balaban J connectivity index is 1.76. The summed E-state index contributed by atoms with van der Waals surface area (Å²) < 4.78 is 3.84. The third kappa shape index (κ3) is 4.96. The van der Waals surface area contributed by atoms with E-state index in [1.54, 1.807) is 29.9 Å². The molecule has 0 saturated heterocycles. The fraction of sp³-hybridized carbons (Fsp3) is 0.348. The van der Waals surface area contributed by atoms with Crippen LogP contribution in [0.5, 0.6) is 0 Å². The zero-order chi connectivity index (χ0) is 21.6. The predicted molar refractivity (Wildman–Crippen MR) is 120 cm³/mol. The van der Waals surface area contributed by atoms with Crippen LogP contribution in [0.4, 0.5) is 5.69 Å². The van der Waals surface area contributed by atoms with E-state index in [0.717, 1.165) is 42.8 Å². The highest BCUT2D eigenvalue weighted by Gasteiger charge is 2.35. The van der Waals surface area contributed by atoms with Gasteiger partial charge in [0.1, 0.15) is 6.04 Å². The van der Waals surface area contributed by atoms with Gasteiger partial charge < -0.3 is 5.32 Å². The number of carbonyl (C=O) groups excluding carboxylic acids is 2. The summed E-state index contributed by atoms with van der Waals surface area (Å²) in [6.07, 6.45) is 8.61. The molecule has 2 heterocycles. The Labute approximate surface area is 185 Å². The summed E-state index contributed by atoms with van der Waals surface area (Å²) in [6.45, 7) is 1.98. The average molecular weight is 436 g/mol. The van der Waals surface area contributed by atoms with Crippen LogP contribution in [0.2, 0.25) is 0 Å². The number of nitrogens with one attached hydrogen (secondary N) is 1. The first-order valence-electron chi connectivity index (χ1n) is 10.5. The van der Waals surface area contributed by atoms with Crippen LogP contribution in [0, 0.1) is 6.92 Å². The van der Waals surface area contributed by atoms with Gasteiger partial charge in [0, 0.05) is 29.5 Å². The number of carbonyl (C=O) groups is 2. The molecule has 1 aliphatic carbocycles. The number of pyridine rings is 1. The first kappa shape index (κ1) is 21.1. The van der Waals surface area contributed by atoms with Crippen molar-refractivity contribution in [3.63, 3.8) is 0 Å². The molecule has 1 saturated carbocycles. The van der Waals surface area contributed by atoms with Gasteiger partial charge in [0.05, 0.1) is 0 Å². The van der Waals surface area contributed by atoms with E-state index in [0.29, 0.717) is 11.3 Å². The van der Waals surface area contributed by atoms with Crippen molar-refractivity contribution in [3.05, 3.63) is 71.0 Å². The highest BCUT2D eigenvalue weighted by Crippen LogP contribution is 2.30. The van der Waals surface area contributed by atoms with Gasteiger partial charge in [-0.05, 0) is 61.1 Å². The van der Waals surface area contributed by atoms with E-state index < -0.39 is 6.04 Å². The highest BCUT2D eigenvalue weighted by molar-refractivity contribution is 7.03. The van der Waals surface area contributed by atoms with E-state index >= 15 is 0 Å². The Hall–Kier alpha value is -3.13. The molecular formula is C23H25N5O2S. The van der Waals surface area contributed by atoms with Crippen molar-refractivity contribution < 1.29 is 9.59 Å². The van der Waals surface area contributed by atoms with Gasteiger partial charge in [0.25, 0.3) is 5.91 Å². The second kappa shape index (κ2) is 9.78. The topological polar surface area (TPSA) is 88.1 Å². The van der Waals surface area contributed by atoms with E-state index in [1.807, 2.05) is 31.2 Å². The van der Waals surface area contributed by atoms with E-state index in [2.05, 4.69) is 19.9 Å². The molecule has 0 spiro atoms. The Morgan fingerprint density at radius 2 is 1.77 bits per heavy atom. The van der Waals surface area contributed by atoms with Crippen LogP contribution in [0.15, 0.2) is 54.2 Å². The first-order valence-corrected chi connectivity index (χ1v) is 11.3. The summed E-state index contributed by atoms with van der Waals surface area (Å²) >= 11 is 1.11. The Bertz CT molecular complexity index is 1000. The lowest BCUT2D eigenvalue weighted by Crippen LogP contribution is -2.47. The molecule has 4 rings (SSSR count). The van der Waals surface area contributed by atoms with Crippen LogP contribution >= 0.6 is 11.5 Å². The zero-order valence-corrected chi connectivity index (χ0v) is 18.2. The number of amides is 2.